The summed E-state index contributed by atoms with van der Waals surface area (Å²) in [5, 5.41) is 3.10. The van der Waals surface area contributed by atoms with E-state index in [1.165, 1.54) is 12.1 Å². The molecule has 0 saturated carbocycles. The van der Waals surface area contributed by atoms with Crippen molar-refractivity contribution in [2.75, 3.05) is 16.8 Å². The summed E-state index contributed by atoms with van der Waals surface area (Å²) in [5.41, 5.74) is 1.52. The number of hydrogen-bond donors (Lipinski definition) is 1. The molecule has 0 unspecified atom stereocenters. The van der Waals surface area contributed by atoms with Gasteiger partial charge in [0.25, 0.3) is 11.8 Å². The van der Waals surface area contributed by atoms with Crippen molar-refractivity contribution in [3.63, 3.8) is 0 Å². The quantitative estimate of drug-likeness (QED) is 0.366. The molecule has 1 aliphatic heterocycles. The number of carbonyl (C=O) groups excluding carboxylic acids is 3. The van der Waals surface area contributed by atoms with Gasteiger partial charge in [-0.3, -0.25) is 9.59 Å². The summed E-state index contributed by atoms with van der Waals surface area (Å²) >= 11 is 12.3. The number of para-hydroxylation sites is 1. The maximum absolute atomic E-state index is 13.0. The molecule has 0 aliphatic carbocycles. The first-order chi connectivity index (χ1) is 14.3. The zero-order valence-corrected chi connectivity index (χ0v) is 18.0. The number of unbranched alkanes of at least 4 members (excludes halogenated alkanes) is 1. The van der Waals surface area contributed by atoms with Crippen molar-refractivity contribution in [2.24, 2.45) is 0 Å². The maximum atomic E-state index is 13.0. The highest BCUT2D eigenvalue weighted by molar-refractivity contribution is 6.53. The molecule has 0 spiro atoms. The number of amides is 2. The van der Waals surface area contributed by atoms with E-state index in [0.717, 1.165) is 23.3 Å². The third-order valence-electron chi connectivity index (χ3n) is 4.56. The molecular formula is C22H20Cl2N2O4. The number of benzene rings is 2. The zero-order chi connectivity index (χ0) is 21.8. The van der Waals surface area contributed by atoms with Crippen LogP contribution in [0.25, 0.3) is 0 Å². The van der Waals surface area contributed by atoms with Crippen molar-refractivity contribution in [3.8, 4) is 0 Å². The number of hydrogen-bond acceptors (Lipinski definition) is 5. The molecule has 30 heavy (non-hydrogen) atoms. The van der Waals surface area contributed by atoms with E-state index >= 15 is 0 Å². The molecule has 2 amide bonds. The molecule has 0 saturated heterocycles. The zero-order valence-electron chi connectivity index (χ0n) is 16.5. The van der Waals surface area contributed by atoms with Gasteiger partial charge in [-0.05, 0) is 43.2 Å². The molecule has 6 nitrogen and oxygen atoms in total. The summed E-state index contributed by atoms with van der Waals surface area (Å²) in [6.07, 6.45) is 1.59. The van der Waals surface area contributed by atoms with Gasteiger partial charge in [-0.25, -0.2) is 9.69 Å². The third kappa shape index (κ3) is 4.35. The molecule has 0 aromatic heterocycles. The molecule has 0 fully saturated rings. The number of rotatable bonds is 7. The van der Waals surface area contributed by atoms with Gasteiger partial charge < -0.3 is 10.1 Å². The first-order valence-electron chi connectivity index (χ1n) is 9.43. The lowest BCUT2D eigenvalue weighted by molar-refractivity contribution is -0.120. The van der Waals surface area contributed by atoms with Crippen molar-refractivity contribution in [3.05, 3.63) is 69.3 Å². The average Bonchev–Trinajstić information content (AvgIpc) is 2.94. The van der Waals surface area contributed by atoms with Gasteiger partial charge in [-0.15, -0.1) is 0 Å². The molecule has 1 aliphatic rings. The Kier molecular flexibility index (Phi) is 6.80. The highest BCUT2D eigenvalue weighted by atomic mass is 35.5. The summed E-state index contributed by atoms with van der Waals surface area (Å²) in [7, 11) is 0. The van der Waals surface area contributed by atoms with E-state index in [1.54, 1.807) is 30.3 Å². The lowest BCUT2D eigenvalue weighted by Gasteiger charge is -2.18. The second kappa shape index (κ2) is 9.32. The fourth-order valence-electron chi connectivity index (χ4n) is 2.87. The molecule has 2 aromatic rings. The van der Waals surface area contributed by atoms with Gasteiger partial charge in [0.1, 0.15) is 10.7 Å². The van der Waals surface area contributed by atoms with Crippen LogP contribution >= 0.6 is 23.2 Å². The molecule has 0 atom stereocenters. The van der Waals surface area contributed by atoms with Crippen LogP contribution in [0, 0.1) is 6.92 Å². The van der Waals surface area contributed by atoms with E-state index in [4.69, 9.17) is 27.9 Å². The van der Waals surface area contributed by atoms with Crippen molar-refractivity contribution in [1.29, 1.82) is 0 Å². The highest BCUT2D eigenvalue weighted by Gasteiger charge is 2.40. The third-order valence-corrected chi connectivity index (χ3v) is 5.32. The van der Waals surface area contributed by atoms with Crippen LogP contribution in [0.2, 0.25) is 5.02 Å². The van der Waals surface area contributed by atoms with Crippen LogP contribution in [0.4, 0.5) is 11.4 Å². The van der Waals surface area contributed by atoms with Gasteiger partial charge in [-0.1, -0.05) is 54.7 Å². The van der Waals surface area contributed by atoms with Crippen molar-refractivity contribution < 1.29 is 19.1 Å². The van der Waals surface area contributed by atoms with Crippen molar-refractivity contribution in [1.82, 2.24) is 0 Å². The molecule has 156 valence electrons. The normalized spacial score (nSPS) is 13.8. The molecular weight excluding hydrogens is 427 g/mol. The number of imide groups is 1. The Morgan fingerprint density at radius 1 is 1.10 bits per heavy atom. The monoisotopic (exact) mass is 446 g/mol. The smallest absolute Gasteiger partial charge is 0.340 e. The second-order valence-electron chi connectivity index (χ2n) is 6.73. The number of nitrogens with one attached hydrogen (secondary N) is 1. The van der Waals surface area contributed by atoms with Crippen LogP contribution in [0.1, 0.15) is 35.7 Å². The van der Waals surface area contributed by atoms with Gasteiger partial charge in [0.15, 0.2) is 0 Å². The van der Waals surface area contributed by atoms with Crippen LogP contribution in [0.15, 0.2) is 53.2 Å². The highest BCUT2D eigenvalue weighted by Crippen LogP contribution is 2.33. The predicted molar refractivity (Wildman–Crippen MR) is 117 cm³/mol. The van der Waals surface area contributed by atoms with Crippen LogP contribution in [0.5, 0.6) is 0 Å². The summed E-state index contributed by atoms with van der Waals surface area (Å²) in [6.45, 7) is 4.08. The molecule has 1 N–H and O–H groups in total. The Morgan fingerprint density at radius 2 is 1.83 bits per heavy atom. The molecule has 0 bridgehead atoms. The van der Waals surface area contributed by atoms with Crippen LogP contribution in [0.3, 0.4) is 0 Å². The predicted octanol–water partition coefficient (Wildman–Crippen LogP) is 5.04. The first kappa shape index (κ1) is 21.9. The van der Waals surface area contributed by atoms with E-state index in [2.05, 4.69) is 5.32 Å². The summed E-state index contributed by atoms with van der Waals surface area (Å²) in [5.74, 6) is -2.01. The van der Waals surface area contributed by atoms with Crippen LogP contribution < -0.4 is 10.2 Å². The van der Waals surface area contributed by atoms with Crippen molar-refractivity contribution in [2.45, 2.75) is 26.7 Å². The van der Waals surface area contributed by atoms with Crippen LogP contribution in [-0.4, -0.2) is 24.4 Å². The Morgan fingerprint density at radius 3 is 2.53 bits per heavy atom. The van der Waals surface area contributed by atoms with E-state index in [1.807, 2.05) is 13.8 Å². The molecule has 0 radical (unpaired) electrons. The average molecular weight is 447 g/mol. The summed E-state index contributed by atoms with van der Waals surface area (Å²) < 4.78 is 5.25. The van der Waals surface area contributed by atoms with Crippen molar-refractivity contribution >= 4 is 52.4 Å². The van der Waals surface area contributed by atoms with Gasteiger partial charge in [0.2, 0.25) is 0 Å². The maximum Gasteiger partial charge on any atom is 0.340 e. The molecule has 2 aromatic carbocycles. The lowest BCUT2D eigenvalue weighted by Crippen LogP contribution is -2.33. The number of nitrogens with zero attached hydrogens (tertiary/aromatic N) is 1. The SMILES string of the molecule is CCCCOC(=O)c1ccccc1N1C(=O)C(Cl)=C(Nc2ccc(C)c(Cl)c2)C1=O. The minimum Gasteiger partial charge on any atom is -0.462 e. The second-order valence-corrected chi connectivity index (χ2v) is 7.52. The molecule has 1 heterocycles. The van der Waals surface area contributed by atoms with E-state index in [9.17, 15) is 14.4 Å². The standard InChI is InChI=1S/C22H20Cl2N2O4/c1-3-4-11-30-22(29)15-7-5-6-8-17(15)26-20(27)18(24)19(21(26)28)25-14-10-9-13(2)16(23)12-14/h5-10,12,25H,3-4,11H2,1-2H3. The minimum atomic E-state index is -0.726. The Balaban J connectivity index is 1.89. The summed E-state index contributed by atoms with van der Waals surface area (Å²) in [6, 6.07) is 11.4. The molecule has 8 heteroatoms. The first-order valence-corrected chi connectivity index (χ1v) is 10.2. The van der Waals surface area contributed by atoms with Gasteiger partial charge in [0, 0.05) is 10.7 Å². The largest absolute Gasteiger partial charge is 0.462 e. The lowest BCUT2D eigenvalue weighted by atomic mass is 10.1. The van der Waals surface area contributed by atoms with Gasteiger partial charge in [0.05, 0.1) is 17.9 Å². The van der Waals surface area contributed by atoms with Gasteiger partial charge >= 0.3 is 5.97 Å². The number of halogens is 2. The van der Waals surface area contributed by atoms with E-state index < -0.39 is 17.8 Å². The van der Waals surface area contributed by atoms with E-state index in [-0.39, 0.29) is 28.6 Å². The number of ether oxygens (including phenoxy) is 1. The number of carbonyl (C=O) groups is 3. The summed E-state index contributed by atoms with van der Waals surface area (Å²) in [4.78, 5) is 39.2. The van der Waals surface area contributed by atoms with Crippen LogP contribution in [-0.2, 0) is 14.3 Å². The fraction of sp³-hybridized carbons (Fsp3) is 0.227. The Hall–Kier alpha value is -2.83. The number of aryl methyl sites for hydroxylation is 1. The topological polar surface area (TPSA) is 75.7 Å². The number of esters is 1. The minimum absolute atomic E-state index is 0.0873. The van der Waals surface area contributed by atoms with Gasteiger partial charge in [-0.2, -0.15) is 0 Å². The Labute approximate surface area is 184 Å². The number of anilines is 2. The van der Waals surface area contributed by atoms with E-state index in [0.29, 0.717) is 10.7 Å². The molecule has 3 rings (SSSR count). The Bertz CT molecular complexity index is 1050. The fourth-order valence-corrected chi connectivity index (χ4v) is 3.27.